The van der Waals surface area contributed by atoms with Crippen molar-refractivity contribution in [3.8, 4) is 22.1 Å². The molecular formula is C29H31F3N4O3S. The van der Waals surface area contributed by atoms with Gasteiger partial charge in [0.05, 0.1) is 23.9 Å². The van der Waals surface area contributed by atoms with Gasteiger partial charge in [0.1, 0.15) is 5.75 Å². The zero-order chi connectivity index (χ0) is 28.6. The number of likely N-dealkylation sites (tertiary alicyclic amines) is 1. The average Bonchev–Trinajstić information content (AvgIpc) is 3.55. The van der Waals surface area contributed by atoms with Gasteiger partial charge in [0.25, 0.3) is 5.91 Å². The Labute approximate surface area is 234 Å². The van der Waals surface area contributed by atoms with Crippen LogP contribution in [0.2, 0.25) is 0 Å². The summed E-state index contributed by atoms with van der Waals surface area (Å²) in [5, 5.41) is 14.5. The maximum Gasteiger partial charge on any atom is 0.416 e. The highest BCUT2D eigenvalue weighted by Crippen LogP contribution is 2.39. The van der Waals surface area contributed by atoms with Crippen molar-refractivity contribution in [1.29, 1.82) is 0 Å². The predicted octanol–water partition coefficient (Wildman–Crippen LogP) is 6.53. The van der Waals surface area contributed by atoms with Gasteiger partial charge < -0.3 is 14.7 Å². The van der Waals surface area contributed by atoms with Crippen molar-refractivity contribution in [2.75, 3.05) is 26.8 Å². The highest BCUT2D eigenvalue weighted by Gasteiger charge is 2.33. The van der Waals surface area contributed by atoms with Gasteiger partial charge in [-0.1, -0.05) is 37.3 Å². The van der Waals surface area contributed by atoms with E-state index < -0.39 is 17.6 Å². The zero-order valence-corrected chi connectivity index (χ0v) is 23.3. The Balaban J connectivity index is 1.62. The Morgan fingerprint density at radius 2 is 1.93 bits per heavy atom. The SMILES string of the molecule is COc1cccc(-c2nc(-n3nc(C(=O)N4CCC(CCO)CC4)c4cc(C(F)(F)F)ccc43)sc2C(C)C)c1. The molecule has 1 N–H and O–H groups in total. The van der Waals surface area contributed by atoms with E-state index in [1.54, 1.807) is 12.0 Å². The van der Waals surface area contributed by atoms with E-state index >= 15 is 0 Å². The van der Waals surface area contributed by atoms with E-state index in [2.05, 4.69) is 5.10 Å². The molecule has 1 fully saturated rings. The number of aliphatic hydroxyl groups is 1. The first-order chi connectivity index (χ1) is 19.1. The summed E-state index contributed by atoms with van der Waals surface area (Å²) in [6.07, 6.45) is -2.43. The summed E-state index contributed by atoms with van der Waals surface area (Å²) >= 11 is 1.40. The zero-order valence-electron chi connectivity index (χ0n) is 22.5. The molecule has 1 amide bonds. The maximum absolute atomic E-state index is 13.7. The molecule has 1 aliphatic rings. The average molecular weight is 573 g/mol. The molecule has 11 heteroatoms. The Hall–Kier alpha value is -3.44. The van der Waals surface area contributed by atoms with Crippen molar-refractivity contribution in [1.82, 2.24) is 19.7 Å². The maximum atomic E-state index is 13.7. The molecule has 4 aromatic rings. The lowest BCUT2D eigenvalue weighted by molar-refractivity contribution is -0.137. The molecule has 0 atom stereocenters. The summed E-state index contributed by atoms with van der Waals surface area (Å²) in [7, 11) is 1.59. The number of carbonyl (C=O) groups is 1. The quantitative estimate of drug-likeness (QED) is 0.272. The van der Waals surface area contributed by atoms with Crippen LogP contribution in [-0.2, 0) is 6.18 Å². The molecule has 2 aromatic heterocycles. The summed E-state index contributed by atoms with van der Waals surface area (Å²) in [6.45, 7) is 5.12. The van der Waals surface area contributed by atoms with E-state index in [0.717, 1.165) is 41.1 Å². The summed E-state index contributed by atoms with van der Waals surface area (Å²) in [6, 6.07) is 10.9. The molecule has 2 aromatic carbocycles. The molecule has 3 heterocycles. The smallest absolute Gasteiger partial charge is 0.416 e. The number of piperidine rings is 1. The minimum absolute atomic E-state index is 0.0223. The number of fused-ring (bicyclic) bond motifs is 1. The number of alkyl halides is 3. The van der Waals surface area contributed by atoms with Gasteiger partial charge >= 0.3 is 6.18 Å². The highest BCUT2D eigenvalue weighted by molar-refractivity contribution is 7.14. The standard InChI is InChI=1S/C29H31F3N4O3S/c1-17(2)26-24(19-5-4-6-21(15-19)39-3)33-28(40-26)36-23-8-7-20(29(30,31)32)16-22(23)25(34-36)27(38)35-12-9-18(10-13-35)11-14-37/h4-8,15-18,37H,9-14H2,1-3H3. The van der Waals surface area contributed by atoms with Crippen LogP contribution in [0.1, 0.15) is 60.0 Å². The lowest BCUT2D eigenvalue weighted by Gasteiger charge is -2.31. The van der Waals surface area contributed by atoms with Crippen molar-refractivity contribution in [2.45, 2.75) is 45.2 Å². The van der Waals surface area contributed by atoms with E-state index in [0.29, 0.717) is 41.8 Å². The van der Waals surface area contributed by atoms with Crippen LogP contribution in [-0.4, -0.2) is 57.5 Å². The van der Waals surface area contributed by atoms with Crippen molar-refractivity contribution < 1.29 is 27.8 Å². The third-order valence-corrected chi connectivity index (χ3v) is 8.67. The number of hydrogen-bond acceptors (Lipinski definition) is 6. The van der Waals surface area contributed by atoms with Crippen LogP contribution >= 0.6 is 11.3 Å². The summed E-state index contributed by atoms with van der Waals surface area (Å²) < 4.78 is 47.9. The van der Waals surface area contributed by atoms with Crippen molar-refractivity contribution >= 4 is 28.1 Å². The molecule has 212 valence electrons. The molecule has 0 bridgehead atoms. The summed E-state index contributed by atoms with van der Waals surface area (Å²) in [4.78, 5) is 21.1. The molecule has 0 saturated carbocycles. The van der Waals surface area contributed by atoms with Gasteiger partial charge in [-0.2, -0.15) is 18.3 Å². The van der Waals surface area contributed by atoms with Gasteiger partial charge in [-0.15, -0.1) is 0 Å². The number of ether oxygens (including phenoxy) is 1. The number of amides is 1. The summed E-state index contributed by atoms with van der Waals surface area (Å²) in [5.41, 5.74) is 1.11. The first-order valence-electron chi connectivity index (χ1n) is 13.3. The van der Waals surface area contributed by atoms with Crippen LogP contribution in [0.25, 0.3) is 27.3 Å². The van der Waals surface area contributed by atoms with Crippen LogP contribution in [0, 0.1) is 5.92 Å². The van der Waals surface area contributed by atoms with Crippen LogP contribution in [0.3, 0.4) is 0 Å². The van der Waals surface area contributed by atoms with E-state index in [-0.39, 0.29) is 23.6 Å². The monoisotopic (exact) mass is 572 g/mol. The first-order valence-corrected chi connectivity index (χ1v) is 14.1. The minimum atomic E-state index is -4.56. The summed E-state index contributed by atoms with van der Waals surface area (Å²) in [5.74, 6) is 0.716. The highest BCUT2D eigenvalue weighted by atomic mass is 32.1. The fourth-order valence-electron chi connectivity index (χ4n) is 5.13. The number of nitrogens with zero attached hydrogens (tertiary/aromatic N) is 4. The molecule has 0 radical (unpaired) electrons. The Morgan fingerprint density at radius 1 is 1.18 bits per heavy atom. The van der Waals surface area contributed by atoms with Crippen LogP contribution in [0.5, 0.6) is 5.75 Å². The van der Waals surface area contributed by atoms with E-state index in [4.69, 9.17) is 9.72 Å². The van der Waals surface area contributed by atoms with Crippen LogP contribution < -0.4 is 4.74 Å². The molecule has 1 saturated heterocycles. The number of thiazole rings is 1. The third-order valence-electron chi connectivity index (χ3n) is 7.34. The molecule has 7 nitrogen and oxygen atoms in total. The van der Waals surface area contributed by atoms with Gasteiger partial charge in [0, 0.05) is 35.5 Å². The van der Waals surface area contributed by atoms with Gasteiger partial charge in [0.2, 0.25) is 5.13 Å². The number of hydrogen-bond donors (Lipinski definition) is 1. The molecule has 40 heavy (non-hydrogen) atoms. The molecule has 5 rings (SSSR count). The fraction of sp³-hybridized carbons (Fsp3) is 0.414. The van der Waals surface area contributed by atoms with E-state index in [1.807, 2.05) is 38.1 Å². The lowest BCUT2D eigenvalue weighted by atomic mass is 9.93. The number of methoxy groups -OCH3 is 1. The van der Waals surface area contributed by atoms with E-state index in [1.165, 1.54) is 22.1 Å². The Bertz CT molecular complexity index is 1520. The van der Waals surface area contributed by atoms with Gasteiger partial charge in [-0.3, -0.25) is 4.79 Å². The first kappa shape index (κ1) is 28.1. The number of aliphatic hydroxyl groups excluding tert-OH is 1. The van der Waals surface area contributed by atoms with Crippen molar-refractivity contribution in [2.24, 2.45) is 5.92 Å². The third kappa shape index (κ3) is 5.44. The van der Waals surface area contributed by atoms with Crippen molar-refractivity contribution in [3.05, 3.63) is 58.6 Å². The normalized spacial score (nSPS) is 14.8. The number of halogens is 3. The minimum Gasteiger partial charge on any atom is -0.497 e. The fourth-order valence-corrected chi connectivity index (χ4v) is 6.19. The molecule has 0 unspecified atom stereocenters. The molecule has 0 aliphatic carbocycles. The molecule has 1 aliphatic heterocycles. The second-order valence-corrected chi connectivity index (χ2v) is 11.3. The van der Waals surface area contributed by atoms with Crippen molar-refractivity contribution in [3.63, 3.8) is 0 Å². The topological polar surface area (TPSA) is 80.5 Å². The van der Waals surface area contributed by atoms with Crippen LogP contribution in [0.4, 0.5) is 13.2 Å². The Kier molecular flexibility index (Phi) is 7.87. The number of aromatic nitrogens is 3. The number of carbonyl (C=O) groups excluding carboxylic acids is 1. The molecular weight excluding hydrogens is 541 g/mol. The van der Waals surface area contributed by atoms with Gasteiger partial charge in [0.15, 0.2) is 5.69 Å². The second kappa shape index (κ2) is 11.2. The second-order valence-electron chi connectivity index (χ2n) is 10.3. The number of rotatable bonds is 7. The lowest BCUT2D eigenvalue weighted by Crippen LogP contribution is -2.39. The predicted molar refractivity (Wildman–Crippen MR) is 148 cm³/mol. The molecule has 0 spiro atoms. The number of benzene rings is 2. The van der Waals surface area contributed by atoms with Crippen LogP contribution in [0.15, 0.2) is 42.5 Å². The van der Waals surface area contributed by atoms with Gasteiger partial charge in [-0.25, -0.2) is 9.67 Å². The Morgan fingerprint density at radius 3 is 2.58 bits per heavy atom. The van der Waals surface area contributed by atoms with E-state index in [9.17, 15) is 23.1 Å². The van der Waals surface area contributed by atoms with Gasteiger partial charge in [-0.05, 0) is 61.4 Å². The largest absolute Gasteiger partial charge is 0.497 e.